The van der Waals surface area contributed by atoms with Crippen LogP contribution in [0, 0.1) is 0 Å². The molecule has 2 rings (SSSR count). The molecule has 4 heteroatoms. The van der Waals surface area contributed by atoms with Gasteiger partial charge in [-0.15, -0.1) is 0 Å². The second kappa shape index (κ2) is 9.33. The van der Waals surface area contributed by atoms with Gasteiger partial charge >= 0.3 is 0 Å². The van der Waals surface area contributed by atoms with Crippen molar-refractivity contribution in [2.45, 2.75) is 53.0 Å². The minimum Gasteiger partial charge on any atom is -0.493 e. The lowest BCUT2D eigenvalue weighted by Crippen LogP contribution is -2.15. The van der Waals surface area contributed by atoms with Crippen molar-refractivity contribution < 1.29 is 14.2 Å². The van der Waals surface area contributed by atoms with Crippen LogP contribution in [0.1, 0.15) is 38.8 Å². The molecule has 0 aliphatic carbocycles. The van der Waals surface area contributed by atoms with Gasteiger partial charge in [0.1, 0.15) is 5.75 Å². The van der Waals surface area contributed by atoms with Crippen molar-refractivity contribution >= 4 is 0 Å². The van der Waals surface area contributed by atoms with Crippen LogP contribution in [0.15, 0.2) is 42.5 Å². The molecular weight excluding hydrogens is 314 g/mol. The first-order valence-corrected chi connectivity index (χ1v) is 8.78. The van der Waals surface area contributed by atoms with Crippen LogP contribution in [-0.4, -0.2) is 19.3 Å². The first-order valence-electron chi connectivity index (χ1n) is 8.78. The van der Waals surface area contributed by atoms with Crippen LogP contribution in [-0.2, 0) is 13.1 Å². The third kappa shape index (κ3) is 5.98. The molecule has 0 saturated heterocycles. The van der Waals surface area contributed by atoms with Gasteiger partial charge < -0.3 is 19.5 Å². The fourth-order valence-corrected chi connectivity index (χ4v) is 2.53. The van der Waals surface area contributed by atoms with Gasteiger partial charge in [0.15, 0.2) is 11.5 Å². The predicted molar refractivity (Wildman–Crippen MR) is 102 cm³/mol. The van der Waals surface area contributed by atoms with Gasteiger partial charge in [-0.25, -0.2) is 0 Å². The average Bonchev–Trinajstić information content (AvgIpc) is 2.57. The van der Waals surface area contributed by atoms with Gasteiger partial charge in [-0.3, -0.25) is 0 Å². The van der Waals surface area contributed by atoms with Crippen molar-refractivity contribution in [3.63, 3.8) is 0 Å². The highest BCUT2D eigenvalue weighted by Gasteiger charge is 2.11. The summed E-state index contributed by atoms with van der Waals surface area (Å²) in [6.45, 7) is 9.58. The number of methoxy groups -OCH3 is 1. The second-order valence-corrected chi connectivity index (χ2v) is 6.53. The summed E-state index contributed by atoms with van der Waals surface area (Å²) in [5.41, 5.74) is 2.30. The number of para-hydroxylation sites is 1. The van der Waals surface area contributed by atoms with Crippen LogP contribution in [0.25, 0.3) is 0 Å². The molecule has 1 N–H and O–H groups in total. The first-order chi connectivity index (χ1) is 12.0. The summed E-state index contributed by atoms with van der Waals surface area (Å²) in [4.78, 5) is 0. The van der Waals surface area contributed by atoms with Gasteiger partial charge in [0.25, 0.3) is 0 Å². The highest BCUT2D eigenvalue weighted by atomic mass is 16.5. The lowest BCUT2D eigenvalue weighted by atomic mass is 10.1. The summed E-state index contributed by atoms with van der Waals surface area (Å²) in [5.74, 6) is 2.48. The van der Waals surface area contributed by atoms with Crippen LogP contribution < -0.4 is 19.5 Å². The van der Waals surface area contributed by atoms with Gasteiger partial charge in [-0.05, 0) is 51.5 Å². The second-order valence-electron chi connectivity index (χ2n) is 6.53. The molecule has 0 bridgehead atoms. The minimum absolute atomic E-state index is 0.101. The Morgan fingerprint density at radius 3 is 2.12 bits per heavy atom. The van der Waals surface area contributed by atoms with Crippen molar-refractivity contribution in [3.05, 3.63) is 53.6 Å². The maximum atomic E-state index is 5.94. The topological polar surface area (TPSA) is 39.7 Å². The first kappa shape index (κ1) is 19.1. The molecule has 25 heavy (non-hydrogen) atoms. The lowest BCUT2D eigenvalue weighted by molar-refractivity contribution is 0.227. The van der Waals surface area contributed by atoms with E-state index in [9.17, 15) is 0 Å². The van der Waals surface area contributed by atoms with E-state index in [0.29, 0.717) is 6.54 Å². The summed E-state index contributed by atoms with van der Waals surface area (Å²) in [7, 11) is 1.67. The Bertz CT molecular complexity index is 651. The maximum absolute atomic E-state index is 5.94. The number of nitrogens with one attached hydrogen (secondary N) is 1. The molecule has 2 aromatic rings. The molecule has 0 amide bonds. The molecule has 0 aliphatic heterocycles. The van der Waals surface area contributed by atoms with E-state index >= 15 is 0 Å². The molecule has 0 radical (unpaired) electrons. The van der Waals surface area contributed by atoms with Crippen molar-refractivity contribution in [3.8, 4) is 17.2 Å². The number of hydrogen-bond acceptors (Lipinski definition) is 4. The molecule has 0 heterocycles. The fraction of sp³-hybridized carbons (Fsp3) is 0.429. The van der Waals surface area contributed by atoms with E-state index < -0.39 is 0 Å². The van der Waals surface area contributed by atoms with Crippen LogP contribution in [0.5, 0.6) is 17.2 Å². The average molecular weight is 343 g/mol. The van der Waals surface area contributed by atoms with E-state index in [-0.39, 0.29) is 12.2 Å². The smallest absolute Gasteiger partial charge is 0.166 e. The van der Waals surface area contributed by atoms with Crippen molar-refractivity contribution in [1.29, 1.82) is 0 Å². The summed E-state index contributed by atoms with van der Waals surface area (Å²) >= 11 is 0. The Balaban J connectivity index is 1.97. The summed E-state index contributed by atoms with van der Waals surface area (Å²) in [6.07, 6.45) is 0.292. The third-order valence-corrected chi connectivity index (χ3v) is 3.57. The number of benzene rings is 2. The van der Waals surface area contributed by atoms with Crippen molar-refractivity contribution in [1.82, 2.24) is 5.32 Å². The van der Waals surface area contributed by atoms with E-state index in [1.807, 2.05) is 52.0 Å². The monoisotopic (exact) mass is 343 g/mol. The predicted octanol–water partition coefficient (Wildman–Crippen LogP) is 4.56. The van der Waals surface area contributed by atoms with Gasteiger partial charge in [0, 0.05) is 18.7 Å². The third-order valence-electron chi connectivity index (χ3n) is 3.57. The highest BCUT2D eigenvalue weighted by molar-refractivity contribution is 5.46. The quantitative estimate of drug-likeness (QED) is 0.724. The van der Waals surface area contributed by atoms with Gasteiger partial charge in [0.2, 0.25) is 0 Å². The minimum atomic E-state index is 0.101. The van der Waals surface area contributed by atoms with Crippen molar-refractivity contribution in [2.24, 2.45) is 0 Å². The molecule has 4 nitrogen and oxygen atoms in total. The number of hydrogen-bond donors (Lipinski definition) is 1. The normalized spacial score (nSPS) is 11.0. The lowest BCUT2D eigenvalue weighted by Gasteiger charge is -2.17. The van der Waals surface area contributed by atoms with Gasteiger partial charge in [-0.2, -0.15) is 0 Å². The summed E-state index contributed by atoms with van der Waals surface area (Å²) in [5, 5.41) is 3.47. The highest BCUT2D eigenvalue weighted by Crippen LogP contribution is 2.32. The summed E-state index contributed by atoms with van der Waals surface area (Å²) in [6, 6.07) is 14.2. The zero-order valence-corrected chi connectivity index (χ0v) is 15.8. The van der Waals surface area contributed by atoms with Crippen molar-refractivity contribution in [2.75, 3.05) is 7.11 Å². The summed E-state index contributed by atoms with van der Waals surface area (Å²) < 4.78 is 17.0. The molecule has 0 aromatic heterocycles. The zero-order chi connectivity index (χ0) is 18.2. The molecule has 2 aromatic carbocycles. The van der Waals surface area contributed by atoms with Crippen LogP contribution in [0.2, 0.25) is 0 Å². The van der Waals surface area contributed by atoms with Crippen LogP contribution in [0.4, 0.5) is 0 Å². The standard InChI is InChI=1S/C21H29NO3/c1-15(2)24-19-11-9-17(10-12-19)13-22-14-18-7-6-8-20(23-5)21(18)25-16(3)4/h6-12,15-16,22H,13-14H2,1-5H3. The Morgan fingerprint density at radius 1 is 0.840 bits per heavy atom. The Morgan fingerprint density at radius 2 is 1.52 bits per heavy atom. The van der Waals surface area contributed by atoms with E-state index in [4.69, 9.17) is 14.2 Å². The molecule has 0 atom stereocenters. The molecule has 0 aliphatic rings. The fourth-order valence-electron chi connectivity index (χ4n) is 2.53. The Hall–Kier alpha value is -2.20. The van der Waals surface area contributed by atoms with E-state index in [1.54, 1.807) is 7.11 Å². The van der Waals surface area contributed by atoms with Crippen LogP contribution in [0.3, 0.4) is 0 Å². The molecule has 0 spiro atoms. The van der Waals surface area contributed by atoms with Gasteiger partial charge in [-0.1, -0.05) is 24.3 Å². The maximum Gasteiger partial charge on any atom is 0.166 e. The van der Waals surface area contributed by atoms with E-state index in [1.165, 1.54) is 5.56 Å². The molecule has 0 unspecified atom stereocenters. The largest absolute Gasteiger partial charge is 0.493 e. The zero-order valence-electron chi connectivity index (χ0n) is 15.8. The SMILES string of the molecule is COc1cccc(CNCc2ccc(OC(C)C)cc2)c1OC(C)C. The number of rotatable bonds is 9. The molecule has 0 saturated carbocycles. The Kier molecular flexibility index (Phi) is 7.14. The molecule has 0 fully saturated rings. The number of ether oxygens (including phenoxy) is 3. The van der Waals surface area contributed by atoms with Gasteiger partial charge in [0.05, 0.1) is 19.3 Å². The molecular formula is C21H29NO3. The van der Waals surface area contributed by atoms with E-state index in [2.05, 4.69) is 23.5 Å². The Labute approximate surface area is 151 Å². The van der Waals surface area contributed by atoms with E-state index in [0.717, 1.165) is 29.4 Å². The molecule has 136 valence electrons. The van der Waals surface area contributed by atoms with Crippen LogP contribution >= 0.6 is 0 Å².